The zero-order valence-electron chi connectivity index (χ0n) is 17.6. The minimum atomic E-state index is -4.39. The smallest absolute Gasteiger partial charge is 0.416 e. The zero-order chi connectivity index (χ0) is 21.7. The minimum Gasteiger partial charge on any atom is -0.494 e. The molecule has 3 fully saturated rings. The maximum Gasteiger partial charge on any atom is 0.416 e. The Kier molecular flexibility index (Phi) is 5.32. The van der Waals surface area contributed by atoms with Crippen molar-refractivity contribution in [3.8, 4) is 5.75 Å². The van der Waals surface area contributed by atoms with Crippen LogP contribution in [0.2, 0.25) is 0 Å². The maximum atomic E-state index is 13.3. The molecule has 30 heavy (non-hydrogen) atoms. The number of nitrogens with zero attached hydrogens (tertiary/aromatic N) is 1. The molecule has 7 heteroatoms. The first-order valence-electron chi connectivity index (χ1n) is 10.9. The number of benzene rings is 1. The van der Waals surface area contributed by atoms with Gasteiger partial charge in [0, 0.05) is 24.4 Å². The van der Waals surface area contributed by atoms with Crippen LogP contribution in [-0.2, 0) is 11.0 Å². The van der Waals surface area contributed by atoms with Crippen LogP contribution in [0.15, 0.2) is 18.2 Å². The van der Waals surface area contributed by atoms with Crippen LogP contribution in [0.5, 0.6) is 5.75 Å². The van der Waals surface area contributed by atoms with Gasteiger partial charge >= 0.3 is 6.18 Å². The normalized spacial score (nSPS) is 28.7. The Labute approximate surface area is 175 Å². The number of halogens is 3. The molecule has 1 amide bonds. The highest BCUT2D eigenvalue weighted by atomic mass is 19.4. The molecule has 0 unspecified atom stereocenters. The Bertz CT molecular complexity index is 796. The van der Waals surface area contributed by atoms with Gasteiger partial charge < -0.3 is 14.7 Å². The van der Waals surface area contributed by atoms with Gasteiger partial charge in [-0.1, -0.05) is 0 Å². The highest BCUT2D eigenvalue weighted by Gasteiger charge is 2.51. The van der Waals surface area contributed by atoms with E-state index in [9.17, 15) is 23.1 Å². The van der Waals surface area contributed by atoms with Gasteiger partial charge in [0.05, 0.1) is 17.8 Å². The molecule has 1 aliphatic heterocycles. The first kappa shape index (κ1) is 21.5. The molecule has 1 saturated heterocycles. The molecule has 1 heterocycles. The molecule has 3 aliphatic rings. The molecule has 0 aromatic heterocycles. The van der Waals surface area contributed by atoms with Crippen LogP contribution in [-0.4, -0.2) is 41.2 Å². The number of aliphatic hydroxyl groups is 1. The summed E-state index contributed by atoms with van der Waals surface area (Å²) in [6.07, 6.45) is 0.178. The standard InChI is InChI=1S/C23H30F3NO3/c1-3-30-19-9-16(8-18(10-19)23(24,25)26)15-4-6-22(7-5-15)13-27(14-22)20(28)17-11-21(2,29)12-17/h8-10,15,17,29H,3-7,11-14H2,1-2H3/t17-,21+. The molecule has 1 N–H and O–H groups in total. The second-order valence-electron chi connectivity index (χ2n) is 9.79. The van der Waals surface area contributed by atoms with Crippen LogP contribution in [0.1, 0.15) is 69.4 Å². The molecule has 1 aromatic carbocycles. The molecule has 2 aliphatic carbocycles. The molecule has 1 spiro atoms. The second-order valence-corrected chi connectivity index (χ2v) is 9.79. The predicted octanol–water partition coefficient (Wildman–Crippen LogP) is 4.75. The van der Waals surface area contributed by atoms with Gasteiger partial charge in [0.25, 0.3) is 0 Å². The molecule has 0 atom stereocenters. The van der Waals surface area contributed by atoms with E-state index >= 15 is 0 Å². The highest BCUT2D eigenvalue weighted by molar-refractivity contribution is 5.81. The summed E-state index contributed by atoms with van der Waals surface area (Å²) in [4.78, 5) is 14.4. The molecular formula is C23H30F3NO3. The fourth-order valence-corrected chi connectivity index (χ4v) is 5.51. The number of hydrogen-bond acceptors (Lipinski definition) is 3. The second kappa shape index (κ2) is 7.43. The van der Waals surface area contributed by atoms with Crippen molar-refractivity contribution in [1.82, 2.24) is 4.90 Å². The fraction of sp³-hybridized carbons (Fsp3) is 0.696. The molecular weight excluding hydrogens is 395 g/mol. The average molecular weight is 425 g/mol. The summed E-state index contributed by atoms with van der Waals surface area (Å²) < 4.78 is 45.3. The van der Waals surface area contributed by atoms with E-state index in [-0.39, 0.29) is 28.9 Å². The summed E-state index contributed by atoms with van der Waals surface area (Å²) in [5.74, 6) is 0.451. The summed E-state index contributed by atoms with van der Waals surface area (Å²) in [7, 11) is 0. The van der Waals surface area contributed by atoms with Crippen molar-refractivity contribution in [2.45, 2.75) is 70.1 Å². The first-order chi connectivity index (χ1) is 14.0. The Hall–Kier alpha value is -1.76. The summed E-state index contributed by atoms with van der Waals surface area (Å²) in [5, 5.41) is 9.86. The van der Waals surface area contributed by atoms with Gasteiger partial charge in [-0.25, -0.2) is 0 Å². The molecule has 0 bridgehead atoms. The van der Waals surface area contributed by atoms with Crippen molar-refractivity contribution >= 4 is 5.91 Å². The van der Waals surface area contributed by atoms with Crippen molar-refractivity contribution in [3.63, 3.8) is 0 Å². The number of rotatable bonds is 4. The lowest BCUT2D eigenvalue weighted by atomic mass is 9.63. The fourth-order valence-electron chi connectivity index (χ4n) is 5.51. The Morgan fingerprint density at radius 1 is 1.20 bits per heavy atom. The number of ether oxygens (including phenoxy) is 1. The summed E-state index contributed by atoms with van der Waals surface area (Å²) >= 11 is 0. The van der Waals surface area contributed by atoms with Gasteiger partial charge in [-0.15, -0.1) is 0 Å². The van der Waals surface area contributed by atoms with Crippen LogP contribution in [0.25, 0.3) is 0 Å². The summed E-state index contributed by atoms with van der Waals surface area (Å²) in [6.45, 7) is 5.34. The Morgan fingerprint density at radius 3 is 2.37 bits per heavy atom. The van der Waals surface area contributed by atoms with Crippen LogP contribution < -0.4 is 4.74 Å². The van der Waals surface area contributed by atoms with E-state index in [1.165, 1.54) is 6.07 Å². The lowest BCUT2D eigenvalue weighted by Crippen LogP contribution is -2.62. The molecule has 4 rings (SSSR count). The first-order valence-corrected chi connectivity index (χ1v) is 10.9. The van der Waals surface area contributed by atoms with Gasteiger partial charge in [0.15, 0.2) is 0 Å². The van der Waals surface area contributed by atoms with Crippen molar-refractivity contribution in [1.29, 1.82) is 0 Å². The molecule has 4 nitrogen and oxygen atoms in total. The van der Waals surface area contributed by atoms with Gasteiger partial charge in [-0.2, -0.15) is 13.2 Å². The average Bonchev–Trinajstić information content (AvgIpc) is 2.63. The topological polar surface area (TPSA) is 49.8 Å². The van der Waals surface area contributed by atoms with Crippen molar-refractivity contribution in [2.75, 3.05) is 19.7 Å². The Balaban J connectivity index is 1.36. The largest absolute Gasteiger partial charge is 0.494 e. The number of carbonyl (C=O) groups excluding carboxylic acids is 1. The number of amides is 1. The Morgan fingerprint density at radius 2 is 1.83 bits per heavy atom. The van der Waals surface area contributed by atoms with E-state index < -0.39 is 17.3 Å². The van der Waals surface area contributed by atoms with E-state index in [0.29, 0.717) is 25.0 Å². The van der Waals surface area contributed by atoms with E-state index in [0.717, 1.165) is 44.8 Å². The third-order valence-electron chi connectivity index (χ3n) is 7.17. The van der Waals surface area contributed by atoms with Crippen molar-refractivity contribution < 1.29 is 27.8 Å². The summed E-state index contributed by atoms with van der Waals surface area (Å²) in [6, 6.07) is 4.09. The van der Waals surface area contributed by atoms with Crippen molar-refractivity contribution in [3.05, 3.63) is 29.3 Å². The number of carbonyl (C=O) groups is 1. The van der Waals surface area contributed by atoms with Gasteiger partial charge in [-0.3, -0.25) is 4.79 Å². The number of hydrogen-bond donors (Lipinski definition) is 1. The predicted molar refractivity (Wildman–Crippen MR) is 106 cm³/mol. The molecule has 2 saturated carbocycles. The quantitative estimate of drug-likeness (QED) is 0.757. The third-order valence-corrected chi connectivity index (χ3v) is 7.17. The van der Waals surface area contributed by atoms with E-state index in [4.69, 9.17) is 4.74 Å². The van der Waals surface area contributed by atoms with E-state index in [1.54, 1.807) is 19.9 Å². The maximum absolute atomic E-state index is 13.3. The van der Waals surface area contributed by atoms with Crippen LogP contribution >= 0.6 is 0 Å². The van der Waals surface area contributed by atoms with E-state index in [1.807, 2.05) is 4.90 Å². The monoisotopic (exact) mass is 425 g/mol. The highest BCUT2D eigenvalue weighted by Crippen LogP contribution is 2.50. The van der Waals surface area contributed by atoms with Crippen LogP contribution in [0.3, 0.4) is 0 Å². The molecule has 0 radical (unpaired) electrons. The lowest BCUT2D eigenvalue weighted by molar-refractivity contribution is -0.163. The van der Waals surface area contributed by atoms with Gasteiger partial charge in [-0.05, 0) is 82.1 Å². The van der Waals surface area contributed by atoms with Crippen LogP contribution in [0, 0.1) is 11.3 Å². The van der Waals surface area contributed by atoms with Gasteiger partial charge in [0.2, 0.25) is 5.91 Å². The minimum absolute atomic E-state index is 0.0595. The lowest BCUT2D eigenvalue weighted by Gasteiger charge is -2.55. The number of likely N-dealkylation sites (tertiary alicyclic amines) is 1. The SMILES string of the molecule is CCOc1cc(C2CCC3(CC2)CN(C(=O)[C@H]2C[C@@](C)(O)C2)C3)cc(C(F)(F)F)c1. The molecule has 166 valence electrons. The van der Waals surface area contributed by atoms with Crippen molar-refractivity contribution in [2.24, 2.45) is 11.3 Å². The molecule has 1 aromatic rings. The number of alkyl halides is 3. The summed E-state index contributed by atoms with van der Waals surface area (Å²) in [5.41, 5.74) is -0.540. The van der Waals surface area contributed by atoms with E-state index in [2.05, 4.69) is 0 Å². The van der Waals surface area contributed by atoms with Gasteiger partial charge in [0.1, 0.15) is 5.75 Å². The zero-order valence-corrected chi connectivity index (χ0v) is 17.6. The van der Waals surface area contributed by atoms with Crippen LogP contribution in [0.4, 0.5) is 13.2 Å². The third kappa shape index (κ3) is 4.18.